The fourth-order valence-corrected chi connectivity index (χ4v) is 3.22. The molecule has 28 heavy (non-hydrogen) atoms. The van der Waals surface area contributed by atoms with Crippen molar-refractivity contribution >= 4 is 40.6 Å². The number of anilines is 2. The Morgan fingerprint density at radius 2 is 1.89 bits per heavy atom. The molecule has 0 saturated heterocycles. The highest BCUT2D eigenvalue weighted by Crippen LogP contribution is 2.34. The number of thiocarbonyl (C=S) groups is 1. The summed E-state index contributed by atoms with van der Waals surface area (Å²) in [5, 5.41) is 19.5. The molecule has 1 unspecified atom stereocenters. The van der Waals surface area contributed by atoms with E-state index in [1.54, 1.807) is 26.8 Å². The maximum atomic E-state index is 12.5. The Kier molecular flexibility index (Phi) is 6.23. The van der Waals surface area contributed by atoms with Gasteiger partial charge in [-0.3, -0.25) is 9.59 Å². The zero-order chi connectivity index (χ0) is 21.3. The van der Waals surface area contributed by atoms with Gasteiger partial charge in [0.25, 0.3) is 0 Å². The zero-order valence-electron chi connectivity index (χ0n) is 17.2. The molecule has 1 amide bonds. The molecule has 1 aliphatic heterocycles. The first-order valence-electron chi connectivity index (χ1n) is 9.24. The standard InChI is InChI=1S/C20H29N3O4S/c1-19(2,3)23-18(28)22-14-9-11-7-8-12(17(26)27-20(4,5)6)16(25)21-13(11)10-15(14)24/h9-10,12,24H,7-8H2,1-6H3,(H,21,25)(H2,22,23,28). The highest BCUT2D eigenvalue weighted by molar-refractivity contribution is 7.80. The number of nitrogens with one attached hydrogen (secondary N) is 3. The van der Waals surface area contributed by atoms with Crippen molar-refractivity contribution < 1.29 is 19.4 Å². The van der Waals surface area contributed by atoms with Gasteiger partial charge in [-0.2, -0.15) is 0 Å². The molecule has 0 spiro atoms. The van der Waals surface area contributed by atoms with Crippen molar-refractivity contribution in [1.29, 1.82) is 0 Å². The monoisotopic (exact) mass is 407 g/mol. The van der Waals surface area contributed by atoms with E-state index >= 15 is 0 Å². The summed E-state index contributed by atoms with van der Waals surface area (Å²) in [4.78, 5) is 24.9. The molecule has 1 aliphatic rings. The quantitative estimate of drug-likeness (QED) is 0.258. The largest absolute Gasteiger partial charge is 0.506 e. The Morgan fingerprint density at radius 3 is 2.46 bits per heavy atom. The van der Waals surface area contributed by atoms with Gasteiger partial charge in [0.2, 0.25) is 5.91 Å². The fourth-order valence-electron chi connectivity index (χ4n) is 2.80. The van der Waals surface area contributed by atoms with Gasteiger partial charge in [-0.05, 0) is 78.2 Å². The van der Waals surface area contributed by atoms with Crippen LogP contribution in [0.3, 0.4) is 0 Å². The van der Waals surface area contributed by atoms with Crippen molar-refractivity contribution in [3.8, 4) is 5.75 Å². The van der Waals surface area contributed by atoms with E-state index in [-0.39, 0.29) is 11.3 Å². The molecule has 1 aromatic rings. The van der Waals surface area contributed by atoms with Gasteiger partial charge < -0.3 is 25.8 Å². The molecular weight excluding hydrogens is 378 g/mol. The van der Waals surface area contributed by atoms with E-state index in [0.29, 0.717) is 29.3 Å². The fraction of sp³-hybridized carbons (Fsp3) is 0.550. The minimum Gasteiger partial charge on any atom is -0.506 e. The van der Waals surface area contributed by atoms with Crippen LogP contribution >= 0.6 is 12.2 Å². The molecule has 0 aliphatic carbocycles. The number of aromatic hydroxyl groups is 1. The van der Waals surface area contributed by atoms with Crippen LogP contribution < -0.4 is 16.0 Å². The number of rotatable bonds is 2. The average Bonchev–Trinajstić information content (AvgIpc) is 2.62. The predicted molar refractivity (Wildman–Crippen MR) is 114 cm³/mol. The summed E-state index contributed by atoms with van der Waals surface area (Å²) in [6.07, 6.45) is 0.801. The van der Waals surface area contributed by atoms with E-state index in [0.717, 1.165) is 5.56 Å². The third-order valence-corrected chi connectivity index (χ3v) is 4.13. The minimum atomic E-state index is -0.895. The van der Waals surface area contributed by atoms with Gasteiger partial charge in [-0.15, -0.1) is 0 Å². The van der Waals surface area contributed by atoms with Crippen molar-refractivity contribution in [3.05, 3.63) is 17.7 Å². The Morgan fingerprint density at radius 1 is 1.25 bits per heavy atom. The molecule has 1 heterocycles. The van der Waals surface area contributed by atoms with Crippen LogP contribution in [0.5, 0.6) is 5.75 Å². The number of fused-ring (bicyclic) bond motifs is 1. The lowest BCUT2D eigenvalue weighted by Gasteiger charge is -2.23. The third-order valence-electron chi connectivity index (χ3n) is 3.93. The van der Waals surface area contributed by atoms with Gasteiger partial charge in [0.15, 0.2) is 5.11 Å². The smallest absolute Gasteiger partial charge is 0.319 e. The number of amides is 1. The Bertz CT molecular complexity index is 794. The summed E-state index contributed by atoms with van der Waals surface area (Å²) in [7, 11) is 0. The third kappa shape index (κ3) is 6.09. The topological polar surface area (TPSA) is 99.7 Å². The van der Waals surface area contributed by atoms with Gasteiger partial charge in [-0.25, -0.2) is 0 Å². The maximum Gasteiger partial charge on any atom is 0.319 e. The molecule has 7 nitrogen and oxygen atoms in total. The summed E-state index contributed by atoms with van der Waals surface area (Å²) < 4.78 is 5.36. The maximum absolute atomic E-state index is 12.5. The van der Waals surface area contributed by atoms with Crippen molar-refractivity contribution in [3.63, 3.8) is 0 Å². The van der Waals surface area contributed by atoms with Gasteiger partial charge >= 0.3 is 5.97 Å². The van der Waals surface area contributed by atoms with Gasteiger partial charge in [0.05, 0.1) is 5.69 Å². The Balaban J connectivity index is 2.19. The van der Waals surface area contributed by atoms with Crippen LogP contribution in [0.15, 0.2) is 12.1 Å². The van der Waals surface area contributed by atoms with Gasteiger partial charge in [-0.1, -0.05) is 0 Å². The second-order valence-electron chi connectivity index (χ2n) is 8.97. The van der Waals surface area contributed by atoms with E-state index in [1.165, 1.54) is 6.07 Å². The summed E-state index contributed by atoms with van der Waals surface area (Å²) in [6, 6.07) is 3.20. The Labute approximate surface area is 171 Å². The van der Waals surface area contributed by atoms with E-state index in [2.05, 4.69) is 16.0 Å². The van der Waals surface area contributed by atoms with Crippen LogP contribution in [0, 0.1) is 5.92 Å². The molecule has 8 heteroatoms. The molecule has 0 aromatic heterocycles. The lowest BCUT2D eigenvalue weighted by molar-refractivity contribution is -0.161. The highest BCUT2D eigenvalue weighted by Gasteiger charge is 2.33. The molecule has 0 radical (unpaired) electrons. The van der Waals surface area contributed by atoms with Gasteiger partial charge in [0.1, 0.15) is 17.3 Å². The number of esters is 1. The summed E-state index contributed by atoms with van der Waals surface area (Å²) >= 11 is 5.28. The van der Waals surface area contributed by atoms with E-state index in [9.17, 15) is 14.7 Å². The van der Waals surface area contributed by atoms with E-state index in [1.807, 2.05) is 20.8 Å². The number of phenolic OH excluding ortho intramolecular Hbond substituents is 1. The lowest BCUT2D eigenvalue weighted by atomic mass is 9.99. The second kappa shape index (κ2) is 7.95. The number of carbonyl (C=O) groups excluding carboxylic acids is 2. The second-order valence-corrected chi connectivity index (χ2v) is 9.38. The summed E-state index contributed by atoms with van der Waals surface area (Å²) in [6.45, 7) is 11.2. The molecule has 0 fully saturated rings. The first-order valence-corrected chi connectivity index (χ1v) is 9.65. The van der Waals surface area contributed by atoms with E-state index in [4.69, 9.17) is 17.0 Å². The average molecular weight is 408 g/mol. The SMILES string of the molecule is CC(C)(C)NC(=S)Nc1cc2c(cc1O)NC(=O)C(C(=O)OC(C)(C)C)CC2. The van der Waals surface area contributed by atoms with Crippen LogP contribution in [0.2, 0.25) is 0 Å². The number of carbonyl (C=O) groups is 2. The van der Waals surface area contributed by atoms with Crippen molar-refractivity contribution in [2.75, 3.05) is 10.6 Å². The molecule has 2 rings (SSSR count). The highest BCUT2D eigenvalue weighted by atomic mass is 32.1. The van der Waals surface area contributed by atoms with Crippen LogP contribution in [0.25, 0.3) is 0 Å². The zero-order valence-corrected chi connectivity index (χ0v) is 18.0. The van der Waals surface area contributed by atoms with E-state index < -0.39 is 23.4 Å². The number of aryl methyl sites for hydroxylation is 1. The molecular formula is C20H29N3O4S. The van der Waals surface area contributed by atoms with Crippen LogP contribution in [-0.4, -0.2) is 33.2 Å². The first-order chi connectivity index (χ1) is 12.7. The minimum absolute atomic E-state index is 0.0483. The molecule has 4 N–H and O–H groups in total. The normalized spacial score (nSPS) is 17.1. The number of hydrogen-bond acceptors (Lipinski definition) is 5. The van der Waals surface area contributed by atoms with Crippen LogP contribution in [0.1, 0.15) is 53.5 Å². The summed E-state index contributed by atoms with van der Waals surface area (Å²) in [5.74, 6) is -1.92. The molecule has 1 aromatic carbocycles. The van der Waals surface area contributed by atoms with Gasteiger partial charge in [0, 0.05) is 17.3 Å². The van der Waals surface area contributed by atoms with Crippen molar-refractivity contribution in [1.82, 2.24) is 5.32 Å². The number of ether oxygens (including phenoxy) is 1. The summed E-state index contributed by atoms with van der Waals surface area (Å²) in [5.41, 5.74) is 0.833. The number of hydrogen-bond donors (Lipinski definition) is 4. The van der Waals surface area contributed by atoms with Crippen molar-refractivity contribution in [2.24, 2.45) is 5.92 Å². The number of phenols is 1. The lowest BCUT2D eigenvalue weighted by Crippen LogP contribution is -2.42. The van der Waals surface area contributed by atoms with Crippen molar-refractivity contribution in [2.45, 2.75) is 65.5 Å². The number of benzene rings is 1. The molecule has 154 valence electrons. The predicted octanol–water partition coefficient (Wildman–Crippen LogP) is 3.32. The molecule has 1 atom stereocenters. The Hall–Kier alpha value is -2.35. The van der Waals surface area contributed by atoms with Crippen LogP contribution in [-0.2, 0) is 20.7 Å². The van der Waals surface area contributed by atoms with Crippen LogP contribution in [0.4, 0.5) is 11.4 Å². The first kappa shape index (κ1) is 21.9. The molecule has 0 bridgehead atoms. The molecule has 0 saturated carbocycles.